The maximum Gasteiger partial charge on any atom is 0.228 e. The molecule has 2 aliphatic heterocycles. The van der Waals surface area contributed by atoms with Gasteiger partial charge in [0.1, 0.15) is 24.3 Å². The molecule has 0 fully saturated rings. The topological polar surface area (TPSA) is 108 Å². The summed E-state index contributed by atoms with van der Waals surface area (Å²) >= 11 is 0. The van der Waals surface area contributed by atoms with Crippen molar-refractivity contribution >= 4 is 11.8 Å². The highest BCUT2D eigenvalue weighted by atomic mass is 16.7. The van der Waals surface area contributed by atoms with Gasteiger partial charge in [-0.25, -0.2) is 5.43 Å². The molecular weight excluding hydrogens is 444 g/mol. The summed E-state index contributed by atoms with van der Waals surface area (Å²) in [5, 5.41) is 6.61. The second-order valence-electron chi connectivity index (χ2n) is 8.71. The molecule has 10 nitrogen and oxygen atoms in total. The smallest absolute Gasteiger partial charge is 0.228 e. The molecule has 0 saturated heterocycles. The first-order chi connectivity index (χ1) is 16.8. The quantitative estimate of drug-likeness (QED) is 0.314. The molecule has 10 heteroatoms. The van der Waals surface area contributed by atoms with Gasteiger partial charge in [-0.1, -0.05) is 55.4 Å². The Hall–Kier alpha value is -2.56. The van der Waals surface area contributed by atoms with Crippen LogP contribution in [0.15, 0.2) is 29.7 Å². The summed E-state index contributed by atoms with van der Waals surface area (Å²) in [5.74, 6) is 3.34. The zero-order valence-electron chi connectivity index (χ0n) is 23.3. The van der Waals surface area contributed by atoms with Gasteiger partial charge in [-0.15, -0.1) is 5.48 Å². The van der Waals surface area contributed by atoms with Crippen LogP contribution in [0.5, 0.6) is 5.88 Å². The van der Waals surface area contributed by atoms with Crippen LogP contribution in [0.4, 0.5) is 11.8 Å². The largest absolute Gasteiger partial charge is 0.476 e. The zero-order valence-corrected chi connectivity index (χ0v) is 23.3. The zero-order chi connectivity index (χ0) is 26.4. The predicted octanol–water partition coefficient (Wildman–Crippen LogP) is 3.71. The van der Waals surface area contributed by atoms with Crippen molar-refractivity contribution in [3.05, 3.63) is 29.7 Å². The number of hydrazine groups is 1. The van der Waals surface area contributed by atoms with E-state index in [0.29, 0.717) is 42.6 Å². The van der Waals surface area contributed by atoms with Crippen LogP contribution in [0.25, 0.3) is 0 Å². The molecule has 0 aliphatic carbocycles. The van der Waals surface area contributed by atoms with E-state index in [1.54, 1.807) is 0 Å². The minimum Gasteiger partial charge on any atom is -0.476 e. The van der Waals surface area contributed by atoms with Crippen molar-refractivity contribution in [2.45, 2.75) is 67.6 Å². The first-order valence-electron chi connectivity index (χ1n) is 12.8. The Bertz CT molecular complexity index is 796. The van der Waals surface area contributed by atoms with Crippen LogP contribution in [0, 0.1) is 11.8 Å². The number of anilines is 2. The number of hydroxylamine groups is 1. The molecule has 2 atom stereocenters. The number of hydrogen-bond donors (Lipinski definition) is 5. The van der Waals surface area contributed by atoms with Crippen molar-refractivity contribution in [2.24, 2.45) is 11.8 Å². The Morgan fingerprint density at radius 3 is 2.37 bits per heavy atom. The maximum atomic E-state index is 5.86. The van der Waals surface area contributed by atoms with Crippen LogP contribution in [-0.4, -0.2) is 60.9 Å². The molecule has 0 saturated carbocycles. The van der Waals surface area contributed by atoms with Crippen LogP contribution in [0.2, 0.25) is 0 Å². The number of nitrogens with zero attached hydrogens (tertiary/aromatic N) is 3. The lowest BCUT2D eigenvalue weighted by Crippen LogP contribution is -2.37. The molecule has 35 heavy (non-hydrogen) atoms. The molecule has 0 bridgehead atoms. The number of likely N-dealkylation sites (N-methyl/N-ethyl adjacent to an activating group) is 1. The Kier molecular flexibility index (Phi) is 14.1. The minimum absolute atomic E-state index is 0.0772. The first-order valence-corrected chi connectivity index (χ1v) is 12.8. The standard InChI is InChI=1S/C21H36N8O2.2C2H6/c1-13(2)16-10-19(27-26-16)23-18-11-20(30-8-7-29(5)6)25-21(24-18)22-12-15-9-17(14(3)4)28-31-15;2*1-2/h9-11,13-14,17,19,26-28H,7-8,12H2,1-6H3,(H2,22,23,24,25);2*1-2H3. The van der Waals surface area contributed by atoms with Crippen molar-refractivity contribution in [3.63, 3.8) is 0 Å². The lowest BCUT2D eigenvalue weighted by atomic mass is 10.1. The van der Waals surface area contributed by atoms with Gasteiger partial charge in [0, 0.05) is 18.3 Å². The highest BCUT2D eigenvalue weighted by Crippen LogP contribution is 2.20. The Morgan fingerprint density at radius 2 is 1.80 bits per heavy atom. The fraction of sp³-hybridized carbons (Fsp3) is 0.680. The highest BCUT2D eigenvalue weighted by Gasteiger charge is 2.20. The van der Waals surface area contributed by atoms with E-state index in [9.17, 15) is 0 Å². The number of aromatic nitrogens is 2. The van der Waals surface area contributed by atoms with Gasteiger partial charge >= 0.3 is 0 Å². The Labute approximate surface area is 212 Å². The van der Waals surface area contributed by atoms with E-state index in [2.05, 4.69) is 81.7 Å². The molecule has 0 aromatic carbocycles. The maximum absolute atomic E-state index is 5.86. The third-order valence-corrected chi connectivity index (χ3v) is 4.97. The van der Waals surface area contributed by atoms with Crippen molar-refractivity contribution < 1.29 is 9.57 Å². The van der Waals surface area contributed by atoms with Crippen molar-refractivity contribution in [1.29, 1.82) is 0 Å². The Morgan fingerprint density at radius 1 is 1.09 bits per heavy atom. The molecule has 0 spiro atoms. The van der Waals surface area contributed by atoms with E-state index in [0.717, 1.165) is 18.0 Å². The molecule has 1 aromatic rings. The second kappa shape index (κ2) is 16.2. The minimum atomic E-state index is -0.0772. The number of ether oxygens (including phenoxy) is 1. The Balaban J connectivity index is 0.00000145. The van der Waals surface area contributed by atoms with E-state index in [4.69, 9.17) is 9.57 Å². The van der Waals surface area contributed by atoms with E-state index < -0.39 is 0 Å². The van der Waals surface area contributed by atoms with Crippen molar-refractivity contribution in [2.75, 3.05) is 44.4 Å². The summed E-state index contributed by atoms with van der Waals surface area (Å²) in [6.07, 6.45) is 4.12. The van der Waals surface area contributed by atoms with Gasteiger partial charge in [0.2, 0.25) is 11.8 Å². The lowest BCUT2D eigenvalue weighted by Gasteiger charge is -2.16. The average molecular weight is 493 g/mol. The summed E-state index contributed by atoms with van der Waals surface area (Å²) in [4.78, 5) is 16.7. The number of allylic oxidation sites excluding steroid dienone is 1. The van der Waals surface area contributed by atoms with Gasteiger partial charge < -0.3 is 30.5 Å². The summed E-state index contributed by atoms with van der Waals surface area (Å²) in [6.45, 7) is 18.4. The fourth-order valence-corrected chi connectivity index (χ4v) is 2.98. The van der Waals surface area contributed by atoms with Gasteiger partial charge in [0.25, 0.3) is 0 Å². The highest BCUT2D eigenvalue weighted by molar-refractivity contribution is 5.46. The van der Waals surface area contributed by atoms with Crippen molar-refractivity contribution in [3.8, 4) is 5.88 Å². The van der Waals surface area contributed by atoms with Crippen LogP contribution >= 0.6 is 0 Å². The monoisotopic (exact) mass is 492 g/mol. The summed E-state index contributed by atoms with van der Waals surface area (Å²) in [6, 6.07) is 2.02. The first kappa shape index (κ1) is 30.5. The third-order valence-electron chi connectivity index (χ3n) is 4.97. The number of rotatable bonds is 11. The van der Waals surface area contributed by atoms with Gasteiger partial charge in [-0.05, 0) is 38.1 Å². The molecule has 5 N–H and O–H groups in total. The van der Waals surface area contributed by atoms with Gasteiger partial charge in [-0.3, -0.25) is 0 Å². The van der Waals surface area contributed by atoms with E-state index >= 15 is 0 Å². The third kappa shape index (κ3) is 10.7. The summed E-state index contributed by atoms with van der Waals surface area (Å²) in [7, 11) is 4.02. The van der Waals surface area contributed by atoms with Crippen LogP contribution < -0.4 is 31.7 Å². The predicted molar refractivity (Wildman–Crippen MR) is 145 cm³/mol. The molecule has 0 radical (unpaired) electrons. The molecule has 2 aliphatic rings. The SMILES string of the molecule is CC.CC.CC(C)C1=CC(Nc2cc(OCCN(C)C)nc(NCC3=CC(C(C)C)NO3)n2)NN1. The molecule has 200 valence electrons. The summed E-state index contributed by atoms with van der Waals surface area (Å²) < 4.78 is 5.86. The lowest BCUT2D eigenvalue weighted by molar-refractivity contribution is 0.104. The van der Waals surface area contributed by atoms with E-state index in [-0.39, 0.29) is 12.2 Å². The normalized spacial score (nSPS) is 18.5. The molecule has 1 aromatic heterocycles. The van der Waals surface area contributed by atoms with Crippen molar-refractivity contribution in [1.82, 2.24) is 31.2 Å². The van der Waals surface area contributed by atoms with Crippen LogP contribution in [0.1, 0.15) is 55.4 Å². The average Bonchev–Trinajstić information content (AvgIpc) is 3.50. The molecule has 3 heterocycles. The van der Waals surface area contributed by atoms with Crippen LogP contribution in [0.3, 0.4) is 0 Å². The second-order valence-corrected chi connectivity index (χ2v) is 8.71. The number of nitrogens with one attached hydrogen (secondary N) is 5. The number of hydrogen-bond acceptors (Lipinski definition) is 10. The molecule has 2 unspecified atom stereocenters. The van der Waals surface area contributed by atoms with E-state index in [1.165, 1.54) is 0 Å². The molecule has 0 amide bonds. The molecular formula is C25H48N8O2. The van der Waals surface area contributed by atoms with E-state index in [1.807, 2.05) is 47.9 Å². The fourth-order valence-electron chi connectivity index (χ4n) is 2.98. The summed E-state index contributed by atoms with van der Waals surface area (Å²) in [5.41, 5.74) is 10.6. The van der Waals surface area contributed by atoms with Gasteiger partial charge in [-0.2, -0.15) is 9.97 Å². The molecule has 3 rings (SSSR count). The van der Waals surface area contributed by atoms with Gasteiger partial charge in [0.15, 0.2) is 0 Å². The van der Waals surface area contributed by atoms with Crippen LogP contribution in [-0.2, 0) is 4.84 Å². The van der Waals surface area contributed by atoms with Gasteiger partial charge in [0.05, 0.1) is 12.6 Å².